The quantitative estimate of drug-likeness (QED) is 0.167. The molecule has 68 heavy (non-hydrogen) atoms. The summed E-state index contributed by atoms with van der Waals surface area (Å²) in [6.07, 6.45) is 0. The van der Waals surface area contributed by atoms with E-state index in [1.165, 1.54) is 21.8 Å². The summed E-state index contributed by atoms with van der Waals surface area (Å²) in [5, 5.41) is 2.46. The number of carbonyl (C=O) groups is 1. The minimum Gasteiger partial charge on any atom is -0.309 e. The van der Waals surface area contributed by atoms with Crippen LogP contribution in [0.4, 0.5) is 34.1 Å². The highest BCUT2D eigenvalue weighted by Gasteiger charge is 2.37. The second-order valence-electron chi connectivity index (χ2n) is 18.5. The lowest BCUT2D eigenvalue weighted by atomic mass is 9.68. The molecule has 0 bridgehead atoms. The number of aromatic nitrogens is 1. The Kier molecular flexibility index (Phi) is 8.99. The Morgan fingerprint density at radius 2 is 0.794 bits per heavy atom. The third-order valence-electron chi connectivity index (χ3n) is 14.3. The molecule has 322 valence electrons. The summed E-state index contributed by atoms with van der Waals surface area (Å²) in [6.45, 7) is 4.44. The van der Waals surface area contributed by atoms with Gasteiger partial charge in [0.15, 0.2) is 5.78 Å². The van der Waals surface area contributed by atoms with Gasteiger partial charge in [-0.1, -0.05) is 166 Å². The van der Waals surface area contributed by atoms with Crippen molar-refractivity contribution in [1.29, 1.82) is 0 Å². The predicted octanol–water partition coefficient (Wildman–Crippen LogP) is 16.9. The first kappa shape index (κ1) is 39.6. The third kappa shape index (κ3) is 6.18. The Hall–Kier alpha value is -8.73. The molecule has 0 radical (unpaired) electrons. The van der Waals surface area contributed by atoms with Crippen LogP contribution in [0.2, 0.25) is 0 Å². The minimum atomic E-state index is -0.284. The summed E-state index contributed by atoms with van der Waals surface area (Å²) >= 11 is 0. The molecule has 0 saturated heterocycles. The number of ketones is 1. The summed E-state index contributed by atoms with van der Waals surface area (Å²) in [4.78, 5) is 18.4. The van der Waals surface area contributed by atoms with Crippen LogP contribution in [0.5, 0.6) is 0 Å². The minimum absolute atomic E-state index is 0.104. The van der Waals surface area contributed by atoms with E-state index in [1.54, 1.807) is 0 Å². The maximum atomic E-state index is 13.5. The first-order chi connectivity index (χ1) is 33.4. The molecule has 10 aromatic carbocycles. The van der Waals surface area contributed by atoms with Gasteiger partial charge >= 0.3 is 0 Å². The molecule has 1 aromatic heterocycles. The number of rotatable bonds is 6. The van der Waals surface area contributed by atoms with Crippen LogP contribution < -0.4 is 9.80 Å². The van der Waals surface area contributed by atoms with E-state index in [9.17, 15) is 4.79 Å². The van der Waals surface area contributed by atoms with Crippen molar-refractivity contribution in [3.63, 3.8) is 0 Å². The number of hydrogen-bond donors (Lipinski definition) is 0. The average molecular weight is 872 g/mol. The van der Waals surface area contributed by atoms with Crippen molar-refractivity contribution in [2.45, 2.75) is 19.3 Å². The Bertz CT molecular complexity index is 3770. The van der Waals surface area contributed by atoms with E-state index in [0.717, 1.165) is 95.4 Å². The fourth-order valence-electron chi connectivity index (χ4n) is 10.9. The smallest absolute Gasteiger partial charge is 0.193 e. The third-order valence-corrected chi connectivity index (χ3v) is 14.3. The molecule has 4 nitrogen and oxygen atoms in total. The Morgan fingerprint density at radius 3 is 1.53 bits per heavy atom. The summed E-state index contributed by atoms with van der Waals surface area (Å²) in [5.74, 6) is 0.104. The molecule has 4 heteroatoms. The number of benzene rings is 10. The summed E-state index contributed by atoms with van der Waals surface area (Å²) in [5.41, 5.74) is 20.5. The van der Waals surface area contributed by atoms with Crippen molar-refractivity contribution < 1.29 is 4.79 Å². The van der Waals surface area contributed by atoms with E-state index < -0.39 is 0 Å². The van der Waals surface area contributed by atoms with E-state index in [-0.39, 0.29) is 11.2 Å². The molecule has 0 unspecified atom stereocenters. The Morgan fingerprint density at radius 1 is 0.324 bits per heavy atom. The largest absolute Gasteiger partial charge is 0.309 e. The van der Waals surface area contributed by atoms with Crippen molar-refractivity contribution >= 4 is 61.7 Å². The van der Waals surface area contributed by atoms with Crippen LogP contribution in [-0.4, -0.2) is 10.4 Å². The van der Waals surface area contributed by atoms with E-state index in [4.69, 9.17) is 0 Å². The molecule has 0 N–H and O–H groups in total. The van der Waals surface area contributed by atoms with Gasteiger partial charge in [-0.25, -0.2) is 0 Å². The molecular weight excluding hydrogens is 827 g/mol. The monoisotopic (exact) mass is 871 g/mol. The molecule has 0 amide bonds. The fourth-order valence-corrected chi connectivity index (χ4v) is 10.9. The SMILES string of the molecule is CC1(C)c2ccccc2C(=O)c2ccc(-c3ccc(-c4ccc(N5c6ccccc6N(c6ccccc6)c6ccc(-c7ccc8c(c7)c7ccccc7n8-c7ccccc7)cc65)cc4)cc3)cc21. The molecule has 0 saturated carbocycles. The van der Waals surface area contributed by atoms with E-state index in [0.29, 0.717) is 0 Å². The Balaban J connectivity index is 0.879. The lowest BCUT2D eigenvalue weighted by Gasteiger charge is -2.40. The molecule has 1 aliphatic heterocycles. The maximum absolute atomic E-state index is 13.5. The zero-order valence-corrected chi connectivity index (χ0v) is 37.8. The molecule has 0 atom stereocenters. The lowest BCUT2D eigenvalue weighted by Crippen LogP contribution is -2.30. The van der Waals surface area contributed by atoms with Crippen molar-refractivity contribution in [1.82, 2.24) is 4.57 Å². The number of carbonyl (C=O) groups excluding carboxylic acids is 1. The first-order valence-corrected chi connectivity index (χ1v) is 23.4. The maximum Gasteiger partial charge on any atom is 0.193 e. The molecule has 13 rings (SSSR count). The van der Waals surface area contributed by atoms with Crippen LogP contribution >= 0.6 is 0 Å². The van der Waals surface area contributed by atoms with Crippen LogP contribution in [0.25, 0.3) is 60.9 Å². The zero-order chi connectivity index (χ0) is 45.5. The van der Waals surface area contributed by atoms with Crippen molar-refractivity contribution in [2.24, 2.45) is 0 Å². The summed E-state index contributed by atoms with van der Waals surface area (Å²) in [7, 11) is 0. The average Bonchev–Trinajstić information content (AvgIpc) is 3.73. The highest BCUT2D eigenvalue weighted by molar-refractivity contribution is 6.14. The van der Waals surface area contributed by atoms with Gasteiger partial charge in [-0.3, -0.25) is 4.79 Å². The standard InChI is InChI=1S/C64H45N3O/c1-64(2)55-21-11-9-20-52(55)63(68)53-36-31-46(40-56(53)64)44-27-25-42(26-28-44)43-29-34-50(35-30-43)67-60-24-14-13-23-59(60)66(49-17-7-4-8-18-49)61-38-33-47(41-62(61)67)45-32-37-58-54(39-45)51-19-10-12-22-57(51)65(58)48-15-5-3-6-16-48/h3-41H,1-2H3. The number of para-hydroxylation sites is 5. The van der Waals surface area contributed by atoms with E-state index in [1.807, 2.05) is 24.3 Å². The normalized spacial score (nSPS) is 13.5. The number of fused-ring (bicyclic) bond motifs is 7. The second kappa shape index (κ2) is 15.4. The van der Waals surface area contributed by atoms with Gasteiger partial charge in [-0.05, 0) is 129 Å². The predicted molar refractivity (Wildman–Crippen MR) is 282 cm³/mol. The Labute approximate surface area is 396 Å². The first-order valence-electron chi connectivity index (χ1n) is 23.4. The lowest BCUT2D eigenvalue weighted by molar-refractivity contribution is 0.103. The fraction of sp³-hybridized carbons (Fsp3) is 0.0469. The van der Waals surface area contributed by atoms with Gasteiger partial charge in [0.1, 0.15) is 0 Å². The van der Waals surface area contributed by atoms with Crippen LogP contribution in [0.3, 0.4) is 0 Å². The zero-order valence-electron chi connectivity index (χ0n) is 37.8. The number of hydrogen-bond acceptors (Lipinski definition) is 3. The highest BCUT2D eigenvalue weighted by Crippen LogP contribution is 2.55. The van der Waals surface area contributed by atoms with Crippen molar-refractivity contribution in [2.75, 3.05) is 9.80 Å². The summed E-state index contributed by atoms with van der Waals surface area (Å²) in [6, 6.07) is 84.7. The van der Waals surface area contributed by atoms with E-state index in [2.05, 4.69) is 241 Å². The van der Waals surface area contributed by atoms with Crippen LogP contribution in [0.15, 0.2) is 237 Å². The molecule has 1 aliphatic carbocycles. The van der Waals surface area contributed by atoms with Crippen LogP contribution in [-0.2, 0) is 5.41 Å². The molecule has 11 aromatic rings. The molecule has 0 spiro atoms. The highest BCUT2D eigenvalue weighted by atomic mass is 16.1. The van der Waals surface area contributed by atoms with E-state index >= 15 is 0 Å². The van der Waals surface area contributed by atoms with Gasteiger partial charge in [-0.15, -0.1) is 0 Å². The number of anilines is 6. The summed E-state index contributed by atoms with van der Waals surface area (Å²) < 4.78 is 2.37. The number of nitrogens with zero attached hydrogens (tertiary/aromatic N) is 3. The van der Waals surface area contributed by atoms with Crippen molar-refractivity contribution in [3.05, 3.63) is 259 Å². The second-order valence-corrected chi connectivity index (χ2v) is 18.5. The van der Waals surface area contributed by atoms with Crippen LogP contribution in [0.1, 0.15) is 40.9 Å². The van der Waals surface area contributed by atoms with Gasteiger partial charge < -0.3 is 14.4 Å². The van der Waals surface area contributed by atoms with Gasteiger partial charge in [0.05, 0.1) is 33.8 Å². The van der Waals surface area contributed by atoms with Gasteiger partial charge in [-0.2, -0.15) is 0 Å². The molecular formula is C64H45N3O. The van der Waals surface area contributed by atoms with Gasteiger partial charge in [0.25, 0.3) is 0 Å². The van der Waals surface area contributed by atoms with Gasteiger partial charge in [0, 0.05) is 44.4 Å². The van der Waals surface area contributed by atoms with Crippen molar-refractivity contribution in [3.8, 4) is 39.1 Å². The van der Waals surface area contributed by atoms with Gasteiger partial charge in [0.2, 0.25) is 0 Å². The molecule has 2 aliphatic rings. The molecule has 0 fully saturated rings. The van der Waals surface area contributed by atoms with Crippen LogP contribution in [0, 0.1) is 0 Å². The molecule has 2 heterocycles. The topological polar surface area (TPSA) is 28.5 Å².